The molecule has 0 amide bonds. The molecule has 0 atom stereocenters. The van der Waals surface area contributed by atoms with E-state index in [9.17, 15) is 14.9 Å². The Labute approximate surface area is 206 Å². The number of hydrogen-bond donors (Lipinski definition) is 1. The second kappa shape index (κ2) is 9.06. The molecule has 0 unspecified atom stereocenters. The van der Waals surface area contributed by atoms with Gasteiger partial charge in [-0.2, -0.15) is 5.26 Å². The number of nitriles is 1. The zero-order valence-corrected chi connectivity index (χ0v) is 19.3. The van der Waals surface area contributed by atoms with Crippen molar-refractivity contribution in [3.63, 3.8) is 0 Å². The summed E-state index contributed by atoms with van der Waals surface area (Å²) in [6.07, 6.45) is 1.56. The van der Waals surface area contributed by atoms with Crippen molar-refractivity contribution in [3.8, 4) is 28.7 Å². The highest BCUT2D eigenvalue weighted by atomic mass is 35.5. The third kappa shape index (κ3) is 4.51. The number of nitrogens with zero attached hydrogens (tertiary/aromatic N) is 2. The van der Waals surface area contributed by atoms with Crippen LogP contribution >= 0.6 is 22.9 Å². The minimum atomic E-state index is -1.01. The average molecular weight is 501 g/mol. The number of aromatic carboxylic acids is 1. The second-order valence-electron chi connectivity index (χ2n) is 7.42. The van der Waals surface area contributed by atoms with Gasteiger partial charge in [-0.15, -0.1) is 11.3 Å². The molecule has 0 bridgehead atoms. The van der Waals surface area contributed by atoms with Crippen LogP contribution in [0.15, 0.2) is 79.7 Å². The van der Waals surface area contributed by atoms with Crippen LogP contribution in [0.1, 0.15) is 21.1 Å². The van der Waals surface area contributed by atoms with E-state index in [1.807, 2.05) is 0 Å². The minimum absolute atomic E-state index is 0.176. The van der Waals surface area contributed by atoms with E-state index < -0.39 is 11.6 Å². The van der Waals surface area contributed by atoms with Gasteiger partial charge in [0.25, 0.3) is 0 Å². The van der Waals surface area contributed by atoms with Crippen molar-refractivity contribution in [2.45, 2.75) is 0 Å². The topological polar surface area (TPSA) is 117 Å². The number of carbonyl (C=O) groups is 1. The Kier molecular flexibility index (Phi) is 5.79. The Morgan fingerprint density at radius 3 is 2.63 bits per heavy atom. The average Bonchev–Trinajstić information content (AvgIpc) is 3.52. The summed E-state index contributed by atoms with van der Waals surface area (Å²) < 4.78 is 11.2. The summed E-state index contributed by atoms with van der Waals surface area (Å²) in [5.41, 5.74) is 1.68. The lowest BCUT2D eigenvalue weighted by Crippen LogP contribution is -2.02. The molecule has 3 aromatic heterocycles. The fourth-order valence-electron chi connectivity index (χ4n) is 3.44. The highest BCUT2D eigenvalue weighted by molar-refractivity contribution is 7.11. The molecular weight excluding hydrogens is 488 g/mol. The highest BCUT2D eigenvalue weighted by Gasteiger charge is 2.15. The Balaban J connectivity index is 1.45. The number of carboxylic acids is 1. The Hall–Kier alpha value is -4.45. The van der Waals surface area contributed by atoms with E-state index in [-0.39, 0.29) is 16.7 Å². The second-order valence-corrected chi connectivity index (χ2v) is 8.72. The van der Waals surface area contributed by atoms with Crippen molar-refractivity contribution >= 4 is 51.5 Å². The van der Waals surface area contributed by atoms with Gasteiger partial charge in [0.15, 0.2) is 0 Å². The SMILES string of the molecule is N#C/C(=C\c1ccc(-c2ccc(C(=O)O)cc2)o1)c1nc(-c2cc3cc(Cl)ccc3oc2=O)cs1. The smallest absolute Gasteiger partial charge is 0.345 e. The van der Waals surface area contributed by atoms with Crippen molar-refractivity contribution in [2.24, 2.45) is 0 Å². The van der Waals surface area contributed by atoms with Gasteiger partial charge < -0.3 is 13.9 Å². The molecule has 7 nitrogen and oxygen atoms in total. The maximum atomic E-state index is 12.5. The number of thiazole rings is 1. The molecule has 0 aliphatic rings. The lowest BCUT2D eigenvalue weighted by Gasteiger charge is -2.00. The summed E-state index contributed by atoms with van der Waals surface area (Å²) in [5.74, 6) is -0.0560. The number of furan rings is 1. The van der Waals surface area contributed by atoms with E-state index in [2.05, 4.69) is 11.1 Å². The van der Waals surface area contributed by atoms with E-state index in [0.29, 0.717) is 43.8 Å². The van der Waals surface area contributed by atoms with Crippen LogP contribution in [0.3, 0.4) is 0 Å². The predicted octanol–water partition coefficient (Wildman–Crippen LogP) is 6.59. The summed E-state index contributed by atoms with van der Waals surface area (Å²) in [4.78, 5) is 28.0. The lowest BCUT2D eigenvalue weighted by molar-refractivity contribution is 0.0697. The van der Waals surface area contributed by atoms with Gasteiger partial charge >= 0.3 is 11.6 Å². The van der Waals surface area contributed by atoms with Crippen LogP contribution in [0, 0.1) is 11.3 Å². The number of fused-ring (bicyclic) bond motifs is 1. The first-order valence-electron chi connectivity index (χ1n) is 10.2. The third-order valence-corrected chi connectivity index (χ3v) is 6.27. The van der Waals surface area contributed by atoms with Crippen LogP contribution < -0.4 is 5.63 Å². The van der Waals surface area contributed by atoms with Gasteiger partial charge in [0.1, 0.15) is 28.2 Å². The lowest BCUT2D eigenvalue weighted by atomic mass is 10.1. The number of rotatable bonds is 5. The van der Waals surface area contributed by atoms with Crippen LogP contribution in [0.2, 0.25) is 5.02 Å². The summed E-state index contributed by atoms with van der Waals surface area (Å²) in [5, 5.41) is 22.0. The molecule has 0 aliphatic carbocycles. The largest absolute Gasteiger partial charge is 0.478 e. The van der Waals surface area contributed by atoms with Crippen LogP contribution in [0.5, 0.6) is 0 Å². The van der Waals surface area contributed by atoms with Gasteiger partial charge in [0.2, 0.25) is 0 Å². The number of benzene rings is 2. The van der Waals surface area contributed by atoms with Crippen molar-refractivity contribution in [1.29, 1.82) is 5.26 Å². The number of hydrogen-bond acceptors (Lipinski definition) is 7. The molecule has 9 heteroatoms. The molecule has 5 aromatic rings. The van der Waals surface area contributed by atoms with Crippen molar-refractivity contribution in [1.82, 2.24) is 4.98 Å². The number of carboxylic acid groups (broad SMARTS) is 1. The van der Waals surface area contributed by atoms with Gasteiger partial charge in [-0.05, 0) is 48.5 Å². The molecule has 35 heavy (non-hydrogen) atoms. The third-order valence-electron chi connectivity index (χ3n) is 5.15. The molecular formula is C26H13ClN2O5S. The molecule has 3 heterocycles. The van der Waals surface area contributed by atoms with Gasteiger partial charge in [0.05, 0.1) is 22.4 Å². The van der Waals surface area contributed by atoms with Gasteiger partial charge in [0, 0.05) is 27.4 Å². The maximum Gasteiger partial charge on any atom is 0.345 e. The molecule has 0 saturated heterocycles. The maximum absolute atomic E-state index is 12.5. The van der Waals surface area contributed by atoms with Gasteiger partial charge in [-0.3, -0.25) is 0 Å². The number of halogens is 1. The fraction of sp³-hybridized carbons (Fsp3) is 0. The highest BCUT2D eigenvalue weighted by Crippen LogP contribution is 2.30. The molecule has 0 radical (unpaired) electrons. The Bertz CT molecular complexity index is 1720. The number of aromatic nitrogens is 1. The summed E-state index contributed by atoms with van der Waals surface area (Å²) >= 11 is 7.26. The normalized spacial score (nSPS) is 11.5. The number of allylic oxidation sites excluding steroid dienone is 1. The molecule has 0 fully saturated rings. The summed E-state index contributed by atoms with van der Waals surface area (Å²) in [6.45, 7) is 0. The van der Waals surface area contributed by atoms with E-state index in [4.69, 9.17) is 25.5 Å². The Morgan fingerprint density at radius 1 is 1.09 bits per heavy atom. The van der Waals surface area contributed by atoms with Crippen molar-refractivity contribution < 1.29 is 18.7 Å². The molecule has 0 aliphatic heterocycles. The molecule has 0 saturated carbocycles. The van der Waals surface area contributed by atoms with Crippen LogP contribution in [0.25, 0.3) is 45.2 Å². The molecule has 170 valence electrons. The first kappa shape index (κ1) is 22.3. The van der Waals surface area contributed by atoms with Crippen LogP contribution in [-0.2, 0) is 0 Å². The van der Waals surface area contributed by atoms with Crippen molar-refractivity contribution in [2.75, 3.05) is 0 Å². The molecule has 1 N–H and O–H groups in total. The zero-order valence-electron chi connectivity index (χ0n) is 17.7. The Morgan fingerprint density at radius 2 is 1.89 bits per heavy atom. The van der Waals surface area contributed by atoms with Crippen molar-refractivity contribution in [3.05, 3.63) is 97.8 Å². The van der Waals surface area contributed by atoms with E-state index in [0.717, 1.165) is 0 Å². The first-order valence-corrected chi connectivity index (χ1v) is 11.4. The molecule has 2 aromatic carbocycles. The quantitative estimate of drug-likeness (QED) is 0.213. The molecule has 0 spiro atoms. The summed E-state index contributed by atoms with van der Waals surface area (Å²) in [7, 11) is 0. The van der Waals surface area contributed by atoms with E-state index >= 15 is 0 Å². The van der Waals surface area contributed by atoms with Crippen LogP contribution in [0.4, 0.5) is 0 Å². The molecule has 5 rings (SSSR count). The van der Waals surface area contributed by atoms with Gasteiger partial charge in [-0.25, -0.2) is 14.6 Å². The van der Waals surface area contributed by atoms with Crippen LogP contribution in [-0.4, -0.2) is 16.1 Å². The van der Waals surface area contributed by atoms with E-state index in [1.165, 1.54) is 23.5 Å². The summed E-state index contributed by atoms with van der Waals surface area (Å²) in [6, 6.07) is 18.5. The monoisotopic (exact) mass is 500 g/mol. The van der Waals surface area contributed by atoms with Gasteiger partial charge in [-0.1, -0.05) is 23.7 Å². The standard InChI is InChI=1S/C26H13ClN2O5S/c27-18-5-7-23-16(9-18)11-20(26(32)34-23)21-13-35-24(29-21)17(12-28)10-19-6-8-22(33-19)14-1-3-15(4-2-14)25(30)31/h1-11,13H,(H,30,31)/b17-10+. The minimum Gasteiger partial charge on any atom is -0.478 e. The predicted molar refractivity (Wildman–Crippen MR) is 133 cm³/mol. The fourth-order valence-corrected chi connectivity index (χ4v) is 4.41. The zero-order chi connectivity index (χ0) is 24.5. The van der Waals surface area contributed by atoms with E-state index in [1.54, 1.807) is 60.0 Å². The first-order chi connectivity index (χ1) is 16.9.